The maximum absolute atomic E-state index is 4.92. The molecule has 13 heavy (non-hydrogen) atoms. The quantitative estimate of drug-likeness (QED) is 0.532. The van der Waals surface area contributed by atoms with E-state index < -0.39 is 0 Å². The fourth-order valence-corrected chi connectivity index (χ4v) is 1.65. The van der Waals surface area contributed by atoms with E-state index in [1.54, 1.807) is 0 Å². The van der Waals surface area contributed by atoms with Gasteiger partial charge in [-0.15, -0.1) is 0 Å². The highest BCUT2D eigenvalue weighted by atomic mass is 32.1. The van der Waals surface area contributed by atoms with Crippen LogP contribution in [0.5, 0.6) is 0 Å². The van der Waals surface area contributed by atoms with Gasteiger partial charge in [-0.25, -0.2) is 4.52 Å². The van der Waals surface area contributed by atoms with Crippen molar-refractivity contribution in [3.63, 3.8) is 0 Å². The molecule has 0 aliphatic carbocycles. The molecule has 3 aromatic rings. The van der Waals surface area contributed by atoms with Crippen LogP contribution in [-0.2, 0) is 0 Å². The second-order valence-corrected chi connectivity index (χ2v) is 3.22. The minimum atomic E-state index is 0.497. The van der Waals surface area contributed by atoms with E-state index in [1.807, 2.05) is 28.8 Å². The highest BCUT2D eigenvalue weighted by Gasteiger charge is 2.02. The fourth-order valence-electron chi connectivity index (χ4n) is 1.47. The second-order valence-electron chi connectivity index (χ2n) is 2.83. The number of aromatic nitrogens is 4. The van der Waals surface area contributed by atoms with Crippen molar-refractivity contribution in [1.82, 2.24) is 19.6 Å². The number of aromatic amines is 2. The Labute approximate surface area is 78.2 Å². The number of rotatable bonds is 0. The summed E-state index contributed by atoms with van der Waals surface area (Å²) in [5.74, 6) is 0.756. The molecule has 0 aliphatic rings. The number of benzene rings is 1. The standard InChI is InChI=1S/C8H6N4S/c13-8-10-7-9-5-3-1-2-4-6(5)12(7)11-8/h1-4H,(H2,9,10,11,13). The third-order valence-corrected chi connectivity index (χ3v) is 2.20. The zero-order valence-corrected chi connectivity index (χ0v) is 7.43. The molecule has 0 saturated carbocycles. The van der Waals surface area contributed by atoms with Crippen molar-refractivity contribution in [2.75, 3.05) is 0 Å². The Hall–Kier alpha value is -1.62. The molecule has 0 aliphatic heterocycles. The van der Waals surface area contributed by atoms with Gasteiger partial charge in [-0.1, -0.05) is 12.1 Å². The summed E-state index contributed by atoms with van der Waals surface area (Å²) in [6.07, 6.45) is 0. The van der Waals surface area contributed by atoms with Crippen LogP contribution in [0.4, 0.5) is 0 Å². The van der Waals surface area contributed by atoms with Gasteiger partial charge in [0.05, 0.1) is 11.0 Å². The van der Waals surface area contributed by atoms with E-state index >= 15 is 0 Å². The summed E-state index contributed by atoms with van der Waals surface area (Å²) in [5, 5.41) is 2.97. The smallest absolute Gasteiger partial charge is 0.230 e. The second kappa shape index (κ2) is 2.20. The number of hydrogen-bond donors (Lipinski definition) is 2. The van der Waals surface area contributed by atoms with Gasteiger partial charge in [0.2, 0.25) is 10.5 Å². The van der Waals surface area contributed by atoms with Crippen molar-refractivity contribution in [1.29, 1.82) is 0 Å². The average molecular weight is 190 g/mol. The molecule has 2 heterocycles. The van der Waals surface area contributed by atoms with Crippen molar-refractivity contribution < 1.29 is 0 Å². The molecule has 64 valence electrons. The molecule has 2 aromatic heterocycles. The first-order chi connectivity index (χ1) is 6.34. The molecule has 0 spiro atoms. The Morgan fingerprint density at radius 2 is 2.15 bits per heavy atom. The monoisotopic (exact) mass is 190 g/mol. The van der Waals surface area contributed by atoms with Crippen molar-refractivity contribution in [3.05, 3.63) is 29.0 Å². The van der Waals surface area contributed by atoms with Crippen LogP contribution in [0.1, 0.15) is 0 Å². The number of hydrogen-bond acceptors (Lipinski definition) is 2. The largest absolute Gasteiger partial charge is 0.322 e. The Balaban J connectivity index is 2.67. The number of fused-ring (bicyclic) bond motifs is 3. The number of nitrogens with zero attached hydrogens (tertiary/aromatic N) is 2. The van der Waals surface area contributed by atoms with Crippen LogP contribution >= 0.6 is 12.2 Å². The molecule has 0 amide bonds. The number of H-pyrrole nitrogens is 2. The van der Waals surface area contributed by atoms with Crippen LogP contribution in [-0.4, -0.2) is 19.6 Å². The van der Waals surface area contributed by atoms with Gasteiger partial charge in [-0.05, 0) is 24.4 Å². The van der Waals surface area contributed by atoms with Gasteiger partial charge in [-0.3, -0.25) is 5.10 Å². The molecule has 5 heteroatoms. The summed E-state index contributed by atoms with van der Waals surface area (Å²) in [7, 11) is 0. The zero-order chi connectivity index (χ0) is 8.84. The third kappa shape index (κ3) is 0.844. The van der Waals surface area contributed by atoms with Crippen LogP contribution in [0, 0.1) is 4.77 Å². The summed E-state index contributed by atoms with van der Waals surface area (Å²) < 4.78 is 2.34. The first-order valence-electron chi connectivity index (χ1n) is 3.90. The van der Waals surface area contributed by atoms with E-state index in [2.05, 4.69) is 15.1 Å². The average Bonchev–Trinajstić information content (AvgIpc) is 2.60. The van der Waals surface area contributed by atoms with Crippen molar-refractivity contribution in [2.24, 2.45) is 0 Å². The Morgan fingerprint density at radius 1 is 1.31 bits per heavy atom. The maximum Gasteiger partial charge on any atom is 0.230 e. The molecule has 1 aromatic carbocycles. The molecule has 3 rings (SSSR count). The van der Waals surface area contributed by atoms with Gasteiger partial charge in [-0.2, -0.15) is 4.98 Å². The molecule has 0 unspecified atom stereocenters. The Morgan fingerprint density at radius 3 is 3.08 bits per heavy atom. The van der Waals surface area contributed by atoms with Crippen molar-refractivity contribution in [3.8, 4) is 0 Å². The highest BCUT2D eigenvalue weighted by molar-refractivity contribution is 7.71. The van der Waals surface area contributed by atoms with Crippen LogP contribution in [0.15, 0.2) is 24.3 Å². The first-order valence-corrected chi connectivity index (χ1v) is 4.31. The fraction of sp³-hybridized carbons (Fsp3) is 0. The normalized spacial score (nSPS) is 11.4. The number of nitrogens with one attached hydrogen (secondary N) is 2. The highest BCUT2D eigenvalue weighted by Crippen LogP contribution is 2.12. The van der Waals surface area contributed by atoms with Crippen molar-refractivity contribution in [2.45, 2.75) is 0 Å². The van der Waals surface area contributed by atoms with E-state index in [9.17, 15) is 0 Å². The summed E-state index contributed by atoms with van der Waals surface area (Å²) in [5.41, 5.74) is 2.11. The molecule has 0 radical (unpaired) electrons. The Bertz CT molecular complexity index is 630. The van der Waals surface area contributed by atoms with Crippen molar-refractivity contribution >= 4 is 29.0 Å². The lowest BCUT2D eigenvalue weighted by atomic mass is 10.3. The predicted octanol–water partition coefficient (Wildman–Crippen LogP) is 1.87. The third-order valence-electron chi connectivity index (χ3n) is 2.02. The van der Waals surface area contributed by atoms with E-state index in [-0.39, 0.29) is 0 Å². The molecular formula is C8H6N4S. The van der Waals surface area contributed by atoms with E-state index in [0.29, 0.717) is 4.77 Å². The van der Waals surface area contributed by atoms with Gasteiger partial charge < -0.3 is 4.98 Å². The summed E-state index contributed by atoms with van der Waals surface area (Å²) in [4.78, 5) is 7.27. The van der Waals surface area contributed by atoms with E-state index in [1.165, 1.54) is 0 Å². The molecular weight excluding hydrogens is 184 g/mol. The zero-order valence-electron chi connectivity index (χ0n) is 6.61. The van der Waals surface area contributed by atoms with Crippen LogP contribution in [0.2, 0.25) is 0 Å². The lowest BCUT2D eigenvalue weighted by Gasteiger charge is -1.86. The topological polar surface area (TPSA) is 48.9 Å². The molecule has 0 fully saturated rings. The minimum absolute atomic E-state index is 0.497. The lowest BCUT2D eigenvalue weighted by molar-refractivity contribution is 0.997. The molecule has 4 nitrogen and oxygen atoms in total. The predicted molar refractivity (Wildman–Crippen MR) is 52.2 cm³/mol. The van der Waals surface area contributed by atoms with Crippen LogP contribution in [0.25, 0.3) is 16.8 Å². The number of para-hydroxylation sites is 2. The van der Waals surface area contributed by atoms with Crippen LogP contribution in [0.3, 0.4) is 0 Å². The molecule has 0 saturated heterocycles. The summed E-state index contributed by atoms with van der Waals surface area (Å²) in [6.45, 7) is 0. The van der Waals surface area contributed by atoms with Gasteiger partial charge in [0.1, 0.15) is 0 Å². The molecule has 0 bridgehead atoms. The minimum Gasteiger partial charge on any atom is -0.322 e. The molecule has 2 N–H and O–H groups in total. The Kier molecular flexibility index (Phi) is 1.16. The van der Waals surface area contributed by atoms with Gasteiger partial charge in [0.25, 0.3) is 0 Å². The maximum atomic E-state index is 4.92. The first kappa shape index (κ1) is 6.85. The lowest BCUT2D eigenvalue weighted by Crippen LogP contribution is -1.81. The summed E-state index contributed by atoms with van der Waals surface area (Å²) >= 11 is 4.92. The van der Waals surface area contributed by atoms with Gasteiger partial charge in [0, 0.05) is 0 Å². The van der Waals surface area contributed by atoms with Crippen LogP contribution < -0.4 is 0 Å². The van der Waals surface area contributed by atoms with E-state index in [4.69, 9.17) is 12.2 Å². The van der Waals surface area contributed by atoms with E-state index in [0.717, 1.165) is 16.8 Å². The number of imidazole rings is 1. The van der Waals surface area contributed by atoms with Gasteiger partial charge in [0.15, 0.2) is 0 Å². The summed E-state index contributed by atoms with van der Waals surface area (Å²) in [6, 6.07) is 7.96. The molecule has 0 atom stereocenters. The SMILES string of the molecule is S=c1nc2[nH]c3ccccc3n2[nH]1. The van der Waals surface area contributed by atoms with Gasteiger partial charge >= 0.3 is 0 Å².